The zero-order chi connectivity index (χ0) is 15.9. The molecule has 0 aliphatic heterocycles. The van der Waals surface area contributed by atoms with Crippen LogP contribution in [0.5, 0.6) is 0 Å². The fraction of sp³-hybridized carbons (Fsp3) is 0.0714. The second-order valence-electron chi connectivity index (χ2n) is 4.51. The van der Waals surface area contributed by atoms with Gasteiger partial charge >= 0.3 is 11.7 Å². The first-order valence-electron chi connectivity index (χ1n) is 6.20. The Morgan fingerprint density at radius 2 is 1.86 bits per heavy atom. The molecule has 6 nitrogen and oxygen atoms in total. The standard InChI is InChI=1S/C14H9BrN2O4S/c15-8-1-3-9(4-2-8)17-13(20)12-10(5-6-22-12)16(14(17)21)7-11(18)19/h1-6H,7H2,(H,18,19). The number of hydrogen-bond donors (Lipinski definition) is 1. The number of benzene rings is 1. The molecule has 0 bridgehead atoms. The maximum atomic E-state index is 12.6. The Bertz CT molecular complexity index is 985. The highest BCUT2D eigenvalue weighted by molar-refractivity contribution is 9.10. The zero-order valence-corrected chi connectivity index (χ0v) is 13.4. The predicted molar refractivity (Wildman–Crippen MR) is 87.0 cm³/mol. The van der Waals surface area contributed by atoms with Crippen LogP contribution in [0.2, 0.25) is 0 Å². The molecule has 0 amide bonds. The average molecular weight is 381 g/mol. The third kappa shape index (κ3) is 2.40. The van der Waals surface area contributed by atoms with E-state index in [1.54, 1.807) is 35.7 Å². The zero-order valence-electron chi connectivity index (χ0n) is 11.0. The third-order valence-electron chi connectivity index (χ3n) is 3.13. The fourth-order valence-electron chi connectivity index (χ4n) is 2.19. The summed E-state index contributed by atoms with van der Waals surface area (Å²) < 4.78 is 3.25. The predicted octanol–water partition coefficient (Wildman–Crippen LogP) is 2.06. The molecule has 0 aliphatic carbocycles. The van der Waals surface area contributed by atoms with Gasteiger partial charge in [-0.05, 0) is 35.7 Å². The monoisotopic (exact) mass is 380 g/mol. The molecule has 1 aromatic carbocycles. The first-order chi connectivity index (χ1) is 10.5. The van der Waals surface area contributed by atoms with Crippen LogP contribution in [0.4, 0.5) is 0 Å². The smallest absolute Gasteiger partial charge is 0.336 e. The Balaban J connectivity index is 2.39. The van der Waals surface area contributed by atoms with Gasteiger partial charge in [-0.2, -0.15) is 0 Å². The van der Waals surface area contributed by atoms with Crippen molar-refractivity contribution in [3.05, 3.63) is 61.0 Å². The van der Waals surface area contributed by atoms with Crippen LogP contribution in [-0.4, -0.2) is 20.2 Å². The molecule has 2 heterocycles. The Morgan fingerprint density at radius 1 is 1.18 bits per heavy atom. The summed E-state index contributed by atoms with van der Waals surface area (Å²) in [7, 11) is 0. The number of aromatic nitrogens is 2. The molecule has 1 N–H and O–H groups in total. The number of carboxylic acids is 1. The first-order valence-corrected chi connectivity index (χ1v) is 7.87. The summed E-state index contributed by atoms with van der Waals surface area (Å²) in [6, 6.07) is 8.25. The Hall–Kier alpha value is -2.19. The Kier molecular flexibility index (Phi) is 3.71. The molecule has 0 radical (unpaired) electrons. The van der Waals surface area contributed by atoms with Crippen molar-refractivity contribution in [2.45, 2.75) is 6.54 Å². The summed E-state index contributed by atoms with van der Waals surface area (Å²) in [5.74, 6) is -1.14. The molecule has 0 atom stereocenters. The van der Waals surface area contributed by atoms with E-state index in [1.165, 1.54) is 11.3 Å². The highest BCUT2D eigenvalue weighted by Crippen LogP contribution is 2.17. The number of hydrogen-bond acceptors (Lipinski definition) is 4. The number of aliphatic carboxylic acids is 1. The molecular weight excluding hydrogens is 372 g/mol. The second-order valence-corrected chi connectivity index (χ2v) is 6.35. The van der Waals surface area contributed by atoms with Crippen molar-refractivity contribution in [3.8, 4) is 5.69 Å². The van der Waals surface area contributed by atoms with Crippen LogP contribution in [0.3, 0.4) is 0 Å². The summed E-state index contributed by atoms with van der Waals surface area (Å²) in [4.78, 5) is 36.1. The summed E-state index contributed by atoms with van der Waals surface area (Å²) in [5, 5.41) is 10.7. The highest BCUT2D eigenvalue weighted by Gasteiger charge is 2.16. The minimum Gasteiger partial charge on any atom is -0.480 e. The van der Waals surface area contributed by atoms with E-state index >= 15 is 0 Å². The van der Waals surface area contributed by atoms with E-state index in [4.69, 9.17) is 5.11 Å². The van der Waals surface area contributed by atoms with Crippen LogP contribution in [-0.2, 0) is 11.3 Å². The van der Waals surface area contributed by atoms with Crippen LogP contribution < -0.4 is 11.2 Å². The molecule has 0 saturated carbocycles. The van der Waals surface area contributed by atoms with Crippen molar-refractivity contribution in [2.75, 3.05) is 0 Å². The molecule has 3 aromatic rings. The van der Waals surface area contributed by atoms with E-state index < -0.39 is 23.8 Å². The van der Waals surface area contributed by atoms with Gasteiger partial charge in [0.2, 0.25) is 0 Å². The molecule has 3 rings (SSSR count). The van der Waals surface area contributed by atoms with Gasteiger partial charge in [0.1, 0.15) is 11.2 Å². The normalized spacial score (nSPS) is 11.0. The van der Waals surface area contributed by atoms with Gasteiger partial charge < -0.3 is 5.11 Å². The van der Waals surface area contributed by atoms with Gasteiger partial charge in [-0.15, -0.1) is 11.3 Å². The number of fused-ring (bicyclic) bond motifs is 1. The van der Waals surface area contributed by atoms with E-state index in [-0.39, 0.29) is 0 Å². The second kappa shape index (κ2) is 5.54. The van der Waals surface area contributed by atoms with Gasteiger partial charge in [0.15, 0.2) is 0 Å². The van der Waals surface area contributed by atoms with E-state index in [2.05, 4.69) is 15.9 Å². The number of carbonyl (C=O) groups is 1. The Labute approximate surface area is 136 Å². The largest absolute Gasteiger partial charge is 0.480 e. The van der Waals surface area contributed by atoms with Crippen molar-refractivity contribution in [2.24, 2.45) is 0 Å². The molecule has 8 heteroatoms. The van der Waals surface area contributed by atoms with E-state index in [0.29, 0.717) is 15.9 Å². The minimum atomic E-state index is -1.14. The van der Waals surface area contributed by atoms with Gasteiger partial charge in [0, 0.05) is 4.47 Å². The van der Waals surface area contributed by atoms with E-state index in [1.807, 2.05) is 0 Å². The lowest BCUT2D eigenvalue weighted by Gasteiger charge is -2.10. The number of rotatable bonds is 3. The summed E-state index contributed by atoms with van der Waals surface area (Å²) in [6.07, 6.45) is 0. The average Bonchev–Trinajstić information content (AvgIpc) is 2.95. The summed E-state index contributed by atoms with van der Waals surface area (Å²) >= 11 is 4.47. The lowest BCUT2D eigenvalue weighted by atomic mass is 10.3. The molecule has 0 aliphatic rings. The molecular formula is C14H9BrN2O4S. The van der Waals surface area contributed by atoms with Crippen LogP contribution >= 0.6 is 27.3 Å². The Morgan fingerprint density at radius 3 is 2.50 bits per heavy atom. The molecule has 0 unspecified atom stereocenters. The highest BCUT2D eigenvalue weighted by atomic mass is 79.9. The van der Waals surface area contributed by atoms with Gasteiger partial charge in [-0.1, -0.05) is 15.9 Å². The maximum absolute atomic E-state index is 12.6. The van der Waals surface area contributed by atoms with E-state index in [9.17, 15) is 14.4 Å². The first kappa shape index (κ1) is 14.7. The minimum absolute atomic E-state index is 0.343. The summed E-state index contributed by atoms with van der Waals surface area (Å²) in [5.41, 5.74) is -0.372. The van der Waals surface area contributed by atoms with E-state index in [0.717, 1.165) is 13.6 Å². The van der Waals surface area contributed by atoms with Crippen molar-refractivity contribution < 1.29 is 9.90 Å². The molecule has 0 spiro atoms. The van der Waals surface area contributed by atoms with Gasteiger partial charge in [0.05, 0.1) is 11.2 Å². The number of halogens is 1. The lowest BCUT2D eigenvalue weighted by molar-refractivity contribution is -0.137. The summed E-state index contributed by atoms with van der Waals surface area (Å²) in [6.45, 7) is -0.497. The van der Waals surface area contributed by atoms with Crippen LogP contribution in [0.1, 0.15) is 0 Å². The molecule has 112 valence electrons. The van der Waals surface area contributed by atoms with Gasteiger partial charge in [0.25, 0.3) is 5.56 Å². The van der Waals surface area contributed by atoms with Crippen LogP contribution in [0, 0.1) is 0 Å². The van der Waals surface area contributed by atoms with Crippen LogP contribution in [0.15, 0.2) is 49.8 Å². The number of carboxylic acid groups (broad SMARTS) is 1. The van der Waals surface area contributed by atoms with Crippen LogP contribution in [0.25, 0.3) is 15.9 Å². The molecule has 2 aromatic heterocycles. The number of nitrogens with zero attached hydrogens (tertiary/aromatic N) is 2. The number of thiophene rings is 1. The van der Waals surface area contributed by atoms with Crippen molar-refractivity contribution in [1.29, 1.82) is 0 Å². The lowest BCUT2D eigenvalue weighted by Crippen LogP contribution is -2.39. The quantitative estimate of drug-likeness (QED) is 0.753. The topological polar surface area (TPSA) is 81.3 Å². The SMILES string of the molecule is O=C(O)Cn1c(=O)n(-c2ccc(Br)cc2)c(=O)c2sccc21. The third-order valence-corrected chi connectivity index (χ3v) is 4.55. The van der Waals surface area contributed by atoms with Gasteiger partial charge in [-0.25, -0.2) is 9.36 Å². The van der Waals surface area contributed by atoms with Gasteiger partial charge in [-0.3, -0.25) is 14.2 Å². The molecule has 0 fully saturated rings. The fourth-order valence-corrected chi connectivity index (χ4v) is 3.28. The van der Waals surface area contributed by atoms with Crippen molar-refractivity contribution in [3.63, 3.8) is 0 Å². The van der Waals surface area contributed by atoms with Crippen molar-refractivity contribution in [1.82, 2.24) is 9.13 Å². The van der Waals surface area contributed by atoms with Crippen molar-refractivity contribution >= 4 is 43.5 Å². The molecule has 0 saturated heterocycles. The molecule has 22 heavy (non-hydrogen) atoms. The maximum Gasteiger partial charge on any atom is 0.336 e.